The van der Waals surface area contributed by atoms with Gasteiger partial charge in [0.1, 0.15) is 5.15 Å². The van der Waals surface area contributed by atoms with Crippen LogP contribution in [0.4, 0.5) is 5.69 Å². The fraction of sp³-hybridized carbons (Fsp3) is 0.438. The van der Waals surface area contributed by atoms with Crippen molar-refractivity contribution >= 4 is 17.3 Å². The maximum Gasteiger partial charge on any atom is 0.132 e. The quantitative estimate of drug-likeness (QED) is 0.883. The van der Waals surface area contributed by atoms with Crippen molar-refractivity contribution in [2.45, 2.75) is 40.8 Å². The zero-order valence-corrected chi connectivity index (χ0v) is 13.3. The van der Waals surface area contributed by atoms with Gasteiger partial charge in [-0.3, -0.25) is 4.68 Å². The van der Waals surface area contributed by atoms with Gasteiger partial charge in [-0.1, -0.05) is 37.6 Å². The number of aryl methyl sites for hydroxylation is 2. The van der Waals surface area contributed by atoms with E-state index in [-0.39, 0.29) is 0 Å². The molecule has 0 aliphatic rings. The highest BCUT2D eigenvalue weighted by Gasteiger charge is 2.13. The molecule has 0 aliphatic carbocycles. The molecule has 0 atom stereocenters. The number of anilines is 1. The van der Waals surface area contributed by atoms with E-state index in [1.165, 1.54) is 5.56 Å². The van der Waals surface area contributed by atoms with Gasteiger partial charge in [-0.15, -0.1) is 0 Å². The first kappa shape index (κ1) is 14.9. The Labute approximate surface area is 126 Å². The predicted octanol–water partition coefficient (Wildman–Crippen LogP) is 4.42. The number of rotatable bonds is 5. The fourth-order valence-corrected chi connectivity index (χ4v) is 2.51. The topological polar surface area (TPSA) is 29.9 Å². The summed E-state index contributed by atoms with van der Waals surface area (Å²) in [4.78, 5) is 0. The summed E-state index contributed by atoms with van der Waals surface area (Å²) in [6.07, 6.45) is 0. The van der Waals surface area contributed by atoms with Gasteiger partial charge in [0.2, 0.25) is 0 Å². The van der Waals surface area contributed by atoms with Gasteiger partial charge in [0, 0.05) is 24.3 Å². The first-order chi connectivity index (χ1) is 9.47. The molecule has 2 aromatic rings. The zero-order valence-electron chi connectivity index (χ0n) is 12.6. The molecular formula is C16H22ClN3. The number of nitrogens with zero attached hydrogens (tertiary/aromatic N) is 2. The van der Waals surface area contributed by atoms with Gasteiger partial charge in [-0.25, -0.2) is 0 Å². The SMILES string of the molecule is Cc1cccc(NCc2c(C)nn(CC(C)C)c2Cl)c1. The molecule has 3 nitrogen and oxygen atoms in total. The molecule has 0 unspecified atom stereocenters. The minimum absolute atomic E-state index is 0.532. The van der Waals surface area contributed by atoms with Crippen LogP contribution in [-0.2, 0) is 13.1 Å². The average molecular weight is 292 g/mol. The van der Waals surface area contributed by atoms with E-state index >= 15 is 0 Å². The predicted molar refractivity (Wildman–Crippen MR) is 85.3 cm³/mol. The normalized spacial score (nSPS) is 11.1. The molecule has 0 radical (unpaired) electrons. The van der Waals surface area contributed by atoms with Crippen molar-refractivity contribution < 1.29 is 0 Å². The summed E-state index contributed by atoms with van der Waals surface area (Å²) in [5.74, 6) is 0.532. The molecule has 0 aliphatic heterocycles. The van der Waals surface area contributed by atoms with Crippen LogP contribution in [0.2, 0.25) is 5.15 Å². The fourth-order valence-electron chi connectivity index (χ4n) is 2.20. The van der Waals surface area contributed by atoms with Gasteiger partial charge in [-0.2, -0.15) is 5.10 Å². The number of benzene rings is 1. The van der Waals surface area contributed by atoms with Gasteiger partial charge >= 0.3 is 0 Å². The molecule has 0 spiro atoms. The lowest BCUT2D eigenvalue weighted by Crippen LogP contribution is -2.06. The van der Waals surface area contributed by atoms with Crippen LogP contribution in [-0.4, -0.2) is 9.78 Å². The Kier molecular flexibility index (Phi) is 4.71. The second-order valence-corrected chi connectivity index (χ2v) is 6.01. The number of nitrogens with one attached hydrogen (secondary N) is 1. The van der Waals surface area contributed by atoms with Crippen molar-refractivity contribution in [2.75, 3.05) is 5.32 Å². The molecule has 20 heavy (non-hydrogen) atoms. The van der Waals surface area contributed by atoms with E-state index in [1.807, 2.05) is 17.7 Å². The maximum atomic E-state index is 6.43. The van der Waals surface area contributed by atoms with Crippen molar-refractivity contribution in [3.63, 3.8) is 0 Å². The minimum atomic E-state index is 0.532. The van der Waals surface area contributed by atoms with E-state index in [0.717, 1.165) is 28.6 Å². The van der Waals surface area contributed by atoms with Crippen LogP contribution in [0.5, 0.6) is 0 Å². The standard InChI is InChI=1S/C16H22ClN3/c1-11(2)10-20-16(17)15(13(4)19-20)9-18-14-7-5-6-12(3)8-14/h5-8,11,18H,9-10H2,1-4H3. The molecule has 0 amide bonds. The molecule has 1 N–H and O–H groups in total. The van der Waals surface area contributed by atoms with E-state index < -0.39 is 0 Å². The van der Waals surface area contributed by atoms with Crippen LogP contribution >= 0.6 is 11.6 Å². The first-order valence-electron chi connectivity index (χ1n) is 6.99. The summed E-state index contributed by atoms with van der Waals surface area (Å²) in [7, 11) is 0. The third-order valence-corrected chi connectivity index (χ3v) is 3.63. The number of halogens is 1. The van der Waals surface area contributed by atoms with E-state index in [4.69, 9.17) is 11.6 Å². The van der Waals surface area contributed by atoms with Crippen molar-refractivity contribution in [2.24, 2.45) is 5.92 Å². The zero-order chi connectivity index (χ0) is 14.7. The summed E-state index contributed by atoms with van der Waals surface area (Å²) in [6, 6.07) is 8.33. The van der Waals surface area contributed by atoms with E-state index in [9.17, 15) is 0 Å². The van der Waals surface area contributed by atoms with Crippen molar-refractivity contribution in [1.82, 2.24) is 9.78 Å². The van der Waals surface area contributed by atoms with Gasteiger partial charge in [-0.05, 0) is 37.5 Å². The highest BCUT2D eigenvalue weighted by Crippen LogP contribution is 2.22. The summed E-state index contributed by atoms with van der Waals surface area (Å²) >= 11 is 6.43. The second kappa shape index (κ2) is 6.31. The number of hydrogen-bond donors (Lipinski definition) is 1. The molecule has 0 bridgehead atoms. The summed E-state index contributed by atoms with van der Waals surface area (Å²) in [5, 5.41) is 8.68. The highest BCUT2D eigenvalue weighted by atomic mass is 35.5. The lowest BCUT2D eigenvalue weighted by molar-refractivity contribution is 0.481. The van der Waals surface area contributed by atoms with E-state index in [0.29, 0.717) is 12.5 Å². The summed E-state index contributed by atoms with van der Waals surface area (Å²) < 4.78 is 1.90. The molecule has 1 aromatic carbocycles. The van der Waals surface area contributed by atoms with Crippen molar-refractivity contribution in [3.8, 4) is 0 Å². The van der Waals surface area contributed by atoms with E-state index in [1.54, 1.807) is 0 Å². The van der Waals surface area contributed by atoms with Crippen LogP contribution < -0.4 is 5.32 Å². The van der Waals surface area contributed by atoms with Gasteiger partial charge < -0.3 is 5.32 Å². The molecule has 0 fully saturated rings. The third-order valence-electron chi connectivity index (χ3n) is 3.21. The van der Waals surface area contributed by atoms with Crippen molar-refractivity contribution in [3.05, 3.63) is 46.2 Å². The van der Waals surface area contributed by atoms with Gasteiger partial charge in [0.25, 0.3) is 0 Å². The highest BCUT2D eigenvalue weighted by molar-refractivity contribution is 6.30. The Balaban J connectivity index is 2.11. The van der Waals surface area contributed by atoms with Crippen molar-refractivity contribution in [1.29, 1.82) is 0 Å². The molecule has 108 valence electrons. The van der Waals surface area contributed by atoms with Crippen LogP contribution in [0.3, 0.4) is 0 Å². The van der Waals surface area contributed by atoms with Crippen LogP contribution in [0.25, 0.3) is 0 Å². The van der Waals surface area contributed by atoms with Crippen LogP contribution in [0, 0.1) is 19.8 Å². The molecular weight excluding hydrogens is 270 g/mol. The number of aromatic nitrogens is 2. The lowest BCUT2D eigenvalue weighted by atomic mass is 10.2. The van der Waals surface area contributed by atoms with E-state index in [2.05, 4.69) is 49.4 Å². The summed E-state index contributed by atoms with van der Waals surface area (Å²) in [6.45, 7) is 9.98. The number of hydrogen-bond acceptors (Lipinski definition) is 2. The van der Waals surface area contributed by atoms with Crippen LogP contribution in [0.1, 0.15) is 30.7 Å². The monoisotopic (exact) mass is 291 g/mol. The molecule has 0 saturated carbocycles. The summed E-state index contributed by atoms with van der Waals surface area (Å²) in [5.41, 5.74) is 4.43. The lowest BCUT2D eigenvalue weighted by Gasteiger charge is -2.08. The third kappa shape index (κ3) is 3.54. The maximum absolute atomic E-state index is 6.43. The largest absolute Gasteiger partial charge is 0.381 e. The Hall–Kier alpha value is -1.48. The van der Waals surface area contributed by atoms with Gasteiger partial charge in [0.15, 0.2) is 0 Å². The molecule has 0 saturated heterocycles. The molecule has 4 heteroatoms. The first-order valence-corrected chi connectivity index (χ1v) is 7.37. The smallest absolute Gasteiger partial charge is 0.132 e. The molecule has 1 heterocycles. The Morgan fingerprint density at radius 3 is 2.70 bits per heavy atom. The van der Waals surface area contributed by atoms with Gasteiger partial charge in [0.05, 0.1) is 5.69 Å². The Bertz CT molecular complexity index is 587. The Morgan fingerprint density at radius 1 is 1.30 bits per heavy atom. The minimum Gasteiger partial charge on any atom is -0.381 e. The second-order valence-electron chi connectivity index (χ2n) is 5.65. The molecule has 2 rings (SSSR count). The molecule has 1 aromatic heterocycles. The Morgan fingerprint density at radius 2 is 2.05 bits per heavy atom. The average Bonchev–Trinajstić information content (AvgIpc) is 2.62. The van der Waals surface area contributed by atoms with Crippen LogP contribution in [0.15, 0.2) is 24.3 Å².